The van der Waals surface area contributed by atoms with Gasteiger partial charge in [0.25, 0.3) is 0 Å². The van der Waals surface area contributed by atoms with Crippen molar-refractivity contribution in [1.82, 2.24) is 4.90 Å². The summed E-state index contributed by atoms with van der Waals surface area (Å²) in [6.45, 7) is 4.99. The Balaban J connectivity index is 2.16. The van der Waals surface area contributed by atoms with E-state index >= 15 is 0 Å². The van der Waals surface area contributed by atoms with Crippen LogP contribution in [0.25, 0.3) is 0 Å². The number of nitrogens with zero attached hydrogens (tertiary/aromatic N) is 1. The van der Waals surface area contributed by atoms with Crippen LogP contribution in [0.5, 0.6) is 0 Å². The average Bonchev–Trinajstić information content (AvgIpc) is 2.48. The van der Waals surface area contributed by atoms with Crippen LogP contribution in [0.2, 0.25) is 0 Å². The number of hydrogen-bond acceptors (Lipinski definition) is 2. The molecule has 3 atom stereocenters. The van der Waals surface area contributed by atoms with Crippen LogP contribution < -0.4 is 5.73 Å². The van der Waals surface area contributed by atoms with Crippen LogP contribution in [-0.4, -0.2) is 29.9 Å². The van der Waals surface area contributed by atoms with Gasteiger partial charge in [0.05, 0.1) is 5.92 Å². The zero-order valence-corrected chi connectivity index (χ0v) is 12.5. The second-order valence-corrected chi connectivity index (χ2v) is 5.95. The van der Waals surface area contributed by atoms with Crippen molar-refractivity contribution >= 4 is 5.91 Å². The minimum atomic E-state index is -0.921. The number of halogens is 2. The molecule has 1 aromatic rings. The third-order valence-electron chi connectivity index (χ3n) is 4.35. The largest absolute Gasteiger partial charge is 0.338 e. The number of amides is 1. The van der Waals surface area contributed by atoms with Gasteiger partial charge >= 0.3 is 0 Å². The van der Waals surface area contributed by atoms with Gasteiger partial charge in [-0.25, -0.2) is 8.78 Å². The predicted molar refractivity (Wildman–Crippen MR) is 77.7 cm³/mol. The Morgan fingerprint density at radius 3 is 2.76 bits per heavy atom. The van der Waals surface area contributed by atoms with E-state index in [1.54, 1.807) is 11.8 Å². The monoisotopic (exact) mass is 296 g/mol. The number of nitrogens with two attached hydrogens (primary N) is 1. The molecule has 1 amide bonds. The molecule has 5 heteroatoms. The predicted octanol–water partition coefficient (Wildman–Crippen LogP) is 2.65. The molecule has 1 aliphatic heterocycles. The van der Waals surface area contributed by atoms with Gasteiger partial charge in [-0.1, -0.05) is 13.0 Å². The van der Waals surface area contributed by atoms with Crippen LogP contribution in [0.15, 0.2) is 18.2 Å². The number of benzene rings is 1. The topological polar surface area (TPSA) is 46.3 Å². The summed E-state index contributed by atoms with van der Waals surface area (Å²) in [5, 5.41) is 0. The number of hydrogen-bond donors (Lipinski definition) is 1. The van der Waals surface area contributed by atoms with Gasteiger partial charge in [0.1, 0.15) is 0 Å². The van der Waals surface area contributed by atoms with E-state index in [1.165, 1.54) is 6.07 Å². The molecule has 1 saturated heterocycles. The maximum atomic E-state index is 13.3. The van der Waals surface area contributed by atoms with E-state index in [4.69, 9.17) is 5.73 Å². The van der Waals surface area contributed by atoms with Gasteiger partial charge in [0.2, 0.25) is 5.91 Å². The van der Waals surface area contributed by atoms with Crippen LogP contribution in [-0.2, 0) is 4.79 Å². The molecular formula is C16H22F2N2O. The molecule has 0 aliphatic carbocycles. The lowest BCUT2D eigenvalue weighted by atomic mass is 9.90. The summed E-state index contributed by atoms with van der Waals surface area (Å²) >= 11 is 0. The van der Waals surface area contributed by atoms with Crippen molar-refractivity contribution in [2.75, 3.05) is 13.1 Å². The Labute approximate surface area is 124 Å². The van der Waals surface area contributed by atoms with Gasteiger partial charge < -0.3 is 10.6 Å². The summed E-state index contributed by atoms with van der Waals surface area (Å²) in [4.78, 5) is 14.4. The highest BCUT2D eigenvalue weighted by Gasteiger charge is 2.32. The van der Waals surface area contributed by atoms with Crippen molar-refractivity contribution in [3.63, 3.8) is 0 Å². The van der Waals surface area contributed by atoms with Gasteiger partial charge in [-0.15, -0.1) is 0 Å². The molecule has 0 saturated carbocycles. The molecule has 3 nitrogen and oxygen atoms in total. The molecule has 0 radical (unpaired) electrons. The van der Waals surface area contributed by atoms with E-state index in [2.05, 4.69) is 6.92 Å². The third-order valence-corrected chi connectivity index (χ3v) is 4.35. The summed E-state index contributed by atoms with van der Waals surface area (Å²) in [5.74, 6) is -1.83. The van der Waals surface area contributed by atoms with Gasteiger partial charge in [0, 0.05) is 19.1 Å². The lowest BCUT2D eigenvalue weighted by Gasteiger charge is -2.39. The van der Waals surface area contributed by atoms with Crippen LogP contribution in [0.3, 0.4) is 0 Å². The number of carbonyl (C=O) groups is 1. The van der Waals surface area contributed by atoms with E-state index in [1.807, 2.05) is 0 Å². The number of piperidine rings is 1. The second-order valence-electron chi connectivity index (χ2n) is 5.95. The maximum absolute atomic E-state index is 13.3. The first-order chi connectivity index (χ1) is 9.93. The zero-order chi connectivity index (χ0) is 15.6. The minimum Gasteiger partial charge on any atom is -0.338 e. The van der Waals surface area contributed by atoms with Crippen LogP contribution in [0, 0.1) is 17.6 Å². The first-order valence-corrected chi connectivity index (χ1v) is 7.39. The molecule has 0 aromatic heterocycles. The van der Waals surface area contributed by atoms with E-state index < -0.39 is 17.6 Å². The fourth-order valence-corrected chi connectivity index (χ4v) is 2.94. The molecule has 1 fully saturated rings. The SMILES string of the molecule is CC1CCN(C(=O)C(C)c2ccc(F)c(F)c2)C(CN)C1. The first kappa shape index (κ1) is 15.9. The van der Waals surface area contributed by atoms with E-state index in [-0.39, 0.29) is 11.9 Å². The Morgan fingerprint density at radius 2 is 2.14 bits per heavy atom. The van der Waals surface area contributed by atoms with Crippen molar-refractivity contribution in [2.45, 2.75) is 38.6 Å². The molecule has 0 bridgehead atoms. The van der Waals surface area contributed by atoms with E-state index in [0.29, 0.717) is 24.6 Å². The van der Waals surface area contributed by atoms with Gasteiger partial charge in [-0.3, -0.25) is 4.79 Å². The lowest BCUT2D eigenvalue weighted by molar-refractivity contribution is -0.136. The fourth-order valence-electron chi connectivity index (χ4n) is 2.94. The Morgan fingerprint density at radius 1 is 1.43 bits per heavy atom. The second kappa shape index (κ2) is 6.52. The molecule has 1 heterocycles. The highest BCUT2D eigenvalue weighted by Crippen LogP contribution is 2.27. The Bertz CT molecular complexity index is 521. The fraction of sp³-hybridized carbons (Fsp3) is 0.562. The molecule has 1 aliphatic rings. The normalized spacial score (nSPS) is 24.0. The number of rotatable bonds is 3. The quantitative estimate of drug-likeness (QED) is 0.932. The van der Waals surface area contributed by atoms with Crippen molar-refractivity contribution < 1.29 is 13.6 Å². The molecule has 1 aromatic carbocycles. The smallest absolute Gasteiger partial charge is 0.230 e. The summed E-state index contributed by atoms with van der Waals surface area (Å²) in [6.07, 6.45) is 1.85. The summed E-state index contributed by atoms with van der Waals surface area (Å²) in [5.41, 5.74) is 6.27. The highest BCUT2D eigenvalue weighted by atomic mass is 19.2. The van der Waals surface area contributed by atoms with Crippen molar-refractivity contribution in [3.05, 3.63) is 35.4 Å². The third kappa shape index (κ3) is 3.40. The Hall–Kier alpha value is -1.49. The Kier molecular flexibility index (Phi) is 4.93. The maximum Gasteiger partial charge on any atom is 0.230 e. The molecule has 2 rings (SSSR count). The van der Waals surface area contributed by atoms with E-state index in [0.717, 1.165) is 25.0 Å². The van der Waals surface area contributed by atoms with E-state index in [9.17, 15) is 13.6 Å². The molecule has 2 N–H and O–H groups in total. The molecule has 116 valence electrons. The zero-order valence-electron chi connectivity index (χ0n) is 12.5. The minimum absolute atomic E-state index is 0.0361. The highest BCUT2D eigenvalue weighted by molar-refractivity contribution is 5.83. The van der Waals surface area contributed by atoms with Gasteiger partial charge in [-0.2, -0.15) is 0 Å². The number of carbonyl (C=O) groups excluding carboxylic acids is 1. The number of likely N-dealkylation sites (tertiary alicyclic amines) is 1. The molecular weight excluding hydrogens is 274 g/mol. The summed E-state index contributed by atoms with van der Waals surface area (Å²) in [7, 11) is 0. The standard InChI is InChI=1S/C16H22F2N2O/c1-10-5-6-20(13(7-10)9-19)16(21)11(2)12-3-4-14(17)15(18)8-12/h3-4,8,10-11,13H,5-7,9,19H2,1-2H3. The molecule has 21 heavy (non-hydrogen) atoms. The van der Waals surface area contributed by atoms with Crippen molar-refractivity contribution in [3.8, 4) is 0 Å². The first-order valence-electron chi connectivity index (χ1n) is 7.39. The van der Waals surface area contributed by atoms with Crippen molar-refractivity contribution in [1.29, 1.82) is 0 Å². The van der Waals surface area contributed by atoms with Gasteiger partial charge in [0.15, 0.2) is 11.6 Å². The van der Waals surface area contributed by atoms with Crippen molar-refractivity contribution in [2.24, 2.45) is 11.7 Å². The van der Waals surface area contributed by atoms with Gasteiger partial charge in [-0.05, 0) is 43.4 Å². The lowest BCUT2D eigenvalue weighted by Crippen LogP contribution is -2.50. The summed E-state index contributed by atoms with van der Waals surface area (Å²) in [6, 6.07) is 3.66. The van der Waals surface area contributed by atoms with Crippen LogP contribution >= 0.6 is 0 Å². The molecule has 3 unspecified atom stereocenters. The average molecular weight is 296 g/mol. The van der Waals surface area contributed by atoms with Crippen LogP contribution in [0.4, 0.5) is 8.78 Å². The van der Waals surface area contributed by atoms with Crippen LogP contribution in [0.1, 0.15) is 38.2 Å². The molecule has 0 spiro atoms. The summed E-state index contributed by atoms with van der Waals surface area (Å²) < 4.78 is 26.3.